The van der Waals surface area contributed by atoms with E-state index in [2.05, 4.69) is 4.98 Å². The molecule has 0 spiro atoms. The van der Waals surface area contributed by atoms with Gasteiger partial charge in [-0.25, -0.2) is 4.98 Å². The SMILES string of the molecule is Cc1coc(-c2ccc(Cl)c(Cl)c2)n1. The smallest absolute Gasteiger partial charge is 0.226 e. The first kappa shape index (κ1) is 9.56. The van der Waals surface area contributed by atoms with Crippen molar-refractivity contribution in [2.24, 2.45) is 0 Å². The van der Waals surface area contributed by atoms with Gasteiger partial charge in [0.2, 0.25) is 5.89 Å². The van der Waals surface area contributed by atoms with Gasteiger partial charge in [-0.1, -0.05) is 23.2 Å². The Bertz CT molecular complexity index is 465. The second-order valence-electron chi connectivity index (χ2n) is 2.92. The van der Waals surface area contributed by atoms with E-state index in [-0.39, 0.29) is 0 Å². The molecule has 0 atom stereocenters. The largest absolute Gasteiger partial charge is 0.444 e. The van der Waals surface area contributed by atoms with E-state index in [9.17, 15) is 0 Å². The zero-order chi connectivity index (χ0) is 10.1. The lowest BCUT2D eigenvalue weighted by Gasteiger charge is -1.97. The Hall–Kier alpha value is -0.990. The molecule has 72 valence electrons. The number of aromatic nitrogens is 1. The number of aryl methyl sites for hydroxylation is 1. The number of benzene rings is 1. The molecular formula is C10H7Cl2NO. The van der Waals surface area contributed by atoms with E-state index in [1.807, 2.05) is 13.0 Å². The number of halogens is 2. The summed E-state index contributed by atoms with van der Waals surface area (Å²) in [6.07, 6.45) is 1.60. The van der Waals surface area contributed by atoms with Crippen LogP contribution in [0.5, 0.6) is 0 Å². The Morgan fingerprint density at radius 1 is 1.21 bits per heavy atom. The van der Waals surface area contributed by atoms with Crippen molar-refractivity contribution in [3.63, 3.8) is 0 Å². The maximum absolute atomic E-state index is 5.87. The minimum atomic E-state index is 0.500. The molecule has 0 aliphatic rings. The average molecular weight is 228 g/mol. The molecule has 2 aromatic rings. The molecule has 0 N–H and O–H groups in total. The van der Waals surface area contributed by atoms with Gasteiger partial charge < -0.3 is 4.42 Å². The average Bonchev–Trinajstić information content (AvgIpc) is 2.57. The molecular weight excluding hydrogens is 221 g/mol. The summed E-state index contributed by atoms with van der Waals surface area (Å²) < 4.78 is 5.23. The second-order valence-corrected chi connectivity index (χ2v) is 3.74. The summed E-state index contributed by atoms with van der Waals surface area (Å²) in [4.78, 5) is 4.18. The van der Waals surface area contributed by atoms with Crippen LogP contribution in [0.2, 0.25) is 10.0 Å². The van der Waals surface area contributed by atoms with Crippen LogP contribution in [0.4, 0.5) is 0 Å². The fraction of sp³-hybridized carbons (Fsp3) is 0.100. The van der Waals surface area contributed by atoms with Gasteiger partial charge in [0.15, 0.2) is 0 Å². The van der Waals surface area contributed by atoms with E-state index in [0.717, 1.165) is 11.3 Å². The first-order valence-electron chi connectivity index (χ1n) is 4.04. The third-order valence-corrected chi connectivity index (χ3v) is 2.52. The van der Waals surface area contributed by atoms with Crippen molar-refractivity contribution >= 4 is 23.2 Å². The standard InChI is InChI=1S/C10H7Cl2NO/c1-6-5-14-10(13-6)7-2-3-8(11)9(12)4-7/h2-5H,1H3. The molecule has 0 saturated heterocycles. The molecule has 4 heteroatoms. The van der Waals surface area contributed by atoms with E-state index in [0.29, 0.717) is 15.9 Å². The first-order valence-corrected chi connectivity index (χ1v) is 4.80. The summed E-state index contributed by atoms with van der Waals surface area (Å²) in [6.45, 7) is 1.87. The zero-order valence-corrected chi connectivity index (χ0v) is 8.93. The molecule has 0 radical (unpaired) electrons. The van der Waals surface area contributed by atoms with Crippen molar-refractivity contribution in [1.82, 2.24) is 4.98 Å². The van der Waals surface area contributed by atoms with Crippen LogP contribution in [0.1, 0.15) is 5.69 Å². The highest BCUT2D eigenvalue weighted by atomic mass is 35.5. The molecule has 2 rings (SSSR count). The lowest BCUT2D eigenvalue weighted by atomic mass is 10.2. The van der Waals surface area contributed by atoms with Gasteiger partial charge in [0, 0.05) is 5.56 Å². The normalized spacial score (nSPS) is 10.5. The van der Waals surface area contributed by atoms with Crippen molar-refractivity contribution in [1.29, 1.82) is 0 Å². The quantitative estimate of drug-likeness (QED) is 0.738. The topological polar surface area (TPSA) is 26.0 Å². The maximum atomic E-state index is 5.87. The predicted molar refractivity (Wildman–Crippen MR) is 56.7 cm³/mol. The van der Waals surface area contributed by atoms with E-state index < -0.39 is 0 Å². The van der Waals surface area contributed by atoms with Crippen molar-refractivity contribution in [3.05, 3.63) is 40.2 Å². The fourth-order valence-corrected chi connectivity index (χ4v) is 1.41. The zero-order valence-electron chi connectivity index (χ0n) is 7.42. The third kappa shape index (κ3) is 1.76. The van der Waals surface area contributed by atoms with Crippen LogP contribution < -0.4 is 0 Å². The molecule has 0 unspecified atom stereocenters. The van der Waals surface area contributed by atoms with Crippen LogP contribution in [0.25, 0.3) is 11.5 Å². The summed E-state index contributed by atoms with van der Waals surface area (Å²) in [5.41, 5.74) is 1.67. The van der Waals surface area contributed by atoms with Crippen molar-refractivity contribution < 1.29 is 4.42 Å². The Balaban J connectivity index is 2.47. The Morgan fingerprint density at radius 2 is 2.00 bits per heavy atom. The molecule has 1 heterocycles. The molecule has 0 bridgehead atoms. The molecule has 0 saturated carbocycles. The van der Waals surface area contributed by atoms with Crippen LogP contribution in [0.3, 0.4) is 0 Å². The van der Waals surface area contributed by atoms with E-state index >= 15 is 0 Å². The molecule has 0 fully saturated rings. The molecule has 2 nitrogen and oxygen atoms in total. The molecule has 1 aromatic heterocycles. The van der Waals surface area contributed by atoms with Gasteiger partial charge in [-0.05, 0) is 25.1 Å². The minimum absolute atomic E-state index is 0.500. The first-order chi connectivity index (χ1) is 6.66. The number of nitrogens with zero attached hydrogens (tertiary/aromatic N) is 1. The summed E-state index contributed by atoms with van der Waals surface area (Å²) in [5.74, 6) is 0.557. The van der Waals surface area contributed by atoms with E-state index in [1.54, 1.807) is 18.4 Å². The highest BCUT2D eigenvalue weighted by Gasteiger charge is 2.06. The number of oxazole rings is 1. The van der Waals surface area contributed by atoms with Crippen LogP contribution >= 0.6 is 23.2 Å². The second kappa shape index (κ2) is 3.64. The number of hydrogen-bond donors (Lipinski definition) is 0. The summed E-state index contributed by atoms with van der Waals surface area (Å²) in [6, 6.07) is 5.27. The fourth-order valence-electron chi connectivity index (χ4n) is 1.12. The van der Waals surface area contributed by atoms with Gasteiger partial charge in [-0.2, -0.15) is 0 Å². The van der Waals surface area contributed by atoms with E-state index in [1.165, 1.54) is 0 Å². The Kier molecular flexibility index (Phi) is 2.48. The lowest BCUT2D eigenvalue weighted by Crippen LogP contribution is -1.78. The summed E-state index contributed by atoms with van der Waals surface area (Å²) in [5, 5.41) is 1.03. The van der Waals surface area contributed by atoms with Gasteiger partial charge >= 0.3 is 0 Å². The molecule has 1 aromatic carbocycles. The maximum Gasteiger partial charge on any atom is 0.226 e. The van der Waals surface area contributed by atoms with Crippen molar-refractivity contribution in [2.45, 2.75) is 6.92 Å². The van der Waals surface area contributed by atoms with Gasteiger partial charge in [0.1, 0.15) is 6.26 Å². The minimum Gasteiger partial charge on any atom is -0.444 e. The lowest BCUT2D eigenvalue weighted by molar-refractivity contribution is 0.573. The van der Waals surface area contributed by atoms with Crippen LogP contribution in [0.15, 0.2) is 28.9 Å². The van der Waals surface area contributed by atoms with Gasteiger partial charge in [0.05, 0.1) is 15.7 Å². The summed E-state index contributed by atoms with van der Waals surface area (Å²) >= 11 is 11.7. The van der Waals surface area contributed by atoms with Crippen LogP contribution in [-0.2, 0) is 0 Å². The van der Waals surface area contributed by atoms with Crippen LogP contribution in [0, 0.1) is 6.92 Å². The predicted octanol–water partition coefficient (Wildman–Crippen LogP) is 3.96. The van der Waals surface area contributed by atoms with Gasteiger partial charge in [0.25, 0.3) is 0 Å². The van der Waals surface area contributed by atoms with E-state index in [4.69, 9.17) is 27.6 Å². The van der Waals surface area contributed by atoms with Crippen molar-refractivity contribution in [3.8, 4) is 11.5 Å². The highest BCUT2D eigenvalue weighted by Crippen LogP contribution is 2.27. The van der Waals surface area contributed by atoms with Gasteiger partial charge in [-0.3, -0.25) is 0 Å². The molecule has 0 aliphatic heterocycles. The molecule has 14 heavy (non-hydrogen) atoms. The van der Waals surface area contributed by atoms with Crippen LogP contribution in [-0.4, -0.2) is 4.98 Å². The number of rotatable bonds is 1. The Morgan fingerprint density at radius 3 is 2.57 bits per heavy atom. The molecule has 0 amide bonds. The molecule has 0 aliphatic carbocycles. The Labute approximate surface area is 91.5 Å². The monoisotopic (exact) mass is 227 g/mol. The third-order valence-electron chi connectivity index (χ3n) is 1.79. The van der Waals surface area contributed by atoms with Gasteiger partial charge in [-0.15, -0.1) is 0 Å². The van der Waals surface area contributed by atoms with Crippen molar-refractivity contribution in [2.75, 3.05) is 0 Å². The summed E-state index contributed by atoms with van der Waals surface area (Å²) in [7, 11) is 0. The highest BCUT2D eigenvalue weighted by molar-refractivity contribution is 6.42. The number of hydrogen-bond acceptors (Lipinski definition) is 2.